The maximum atomic E-state index is 12.2. The molecule has 1 fully saturated rings. The fourth-order valence-corrected chi connectivity index (χ4v) is 2.76. The number of quaternary nitrogens is 1. The van der Waals surface area contributed by atoms with Crippen LogP contribution >= 0.6 is 23.2 Å². The summed E-state index contributed by atoms with van der Waals surface area (Å²) < 4.78 is 0. The van der Waals surface area contributed by atoms with E-state index in [9.17, 15) is 14.4 Å². The predicted molar refractivity (Wildman–Crippen MR) is 86.2 cm³/mol. The summed E-state index contributed by atoms with van der Waals surface area (Å²) in [7, 11) is 1.83. The highest BCUT2D eigenvalue weighted by Crippen LogP contribution is 2.22. The van der Waals surface area contributed by atoms with E-state index in [0.717, 1.165) is 20.3 Å². The molecular weight excluding hydrogens is 341 g/mol. The summed E-state index contributed by atoms with van der Waals surface area (Å²) in [5.74, 6) is -1.52. The van der Waals surface area contributed by atoms with Crippen molar-refractivity contribution in [3.63, 3.8) is 0 Å². The molecule has 1 heterocycles. The van der Waals surface area contributed by atoms with Crippen molar-refractivity contribution in [3.8, 4) is 0 Å². The maximum absolute atomic E-state index is 12.2. The van der Waals surface area contributed by atoms with E-state index in [0.29, 0.717) is 23.0 Å². The van der Waals surface area contributed by atoms with Gasteiger partial charge in [0, 0.05) is 12.1 Å². The van der Waals surface area contributed by atoms with Crippen molar-refractivity contribution in [2.75, 3.05) is 20.3 Å². The van der Waals surface area contributed by atoms with Crippen LogP contribution in [0.5, 0.6) is 0 Å². The molecule has 1 aliphatic rings. The van der Waals surface area contributed by atoms with Crippen molar-refractivity contribution in [2.45, 2.75) is 19.9 Å². The van der Waals surface area contributed by atoms with Gasteiger partial charge in [-0.1, -0.05) is 36.2 Å². The van der Waals surface area contributed by atoms with Crippen LogP contribution < -0.4 is 4.90 Å². The van der Waals surface area contributed by atoms with E-state index in [2.05, 4.69) is 0 Å². The first-order valence-corrected chi connectivity index (χ1v) is 8.03. The Bertz CT molecular complexity index is 651. The highest BCUT2D eigenvalue weighted by molar-refractivity contribution is 6.44. The smallest absolute Gasteiger partial charge is 0.316 e. The predicted octanol–water partition coefficient (Wildman–Crippen LogP) is 1.17. The summed E-state index contributed by atoms with van der Waals surface area (Å²) in [5.41, 5.74) is 0.924. The third kappa shape index (κ3) is 3.83. The molecule has 0 spiro atoms. The normalized spacial score (nSPS) is 16.4. The second kappa shape index (κ2) is 7.29. The third-order valence-electron chi connectivity index (χ3n) is 3.50. The number of benzene rings is 1. The van der Waals surface area contributed by atoms with Crippen molar-refractivity contribution in [3.05, 3.63) is 33.8 Å². The molecule has 1 saturated heterocycles. The van der Waals surface area contributed by atoms with Crippen molar-refractivity contribution < 1.29 is 19.3 Å². The number of imide groups is 2. The Labute approximate surface area is 144 Å². The van der Waals surface area contributed by atoms with Gasteiger partial charge in [-0.25, -0.2) is 9.69 Å². The van der Waals surface area contributed by atoms with Gasteiger partial charge in [0.05, 0.1) is 17.1 Å². The topological polar surface area (TPSA) is 62.1 Å². The number of urea groups is 1. The van der Waals surface area contributed by atoms with Gasteiger partial charge in [0.15, 0.2) is 6.67 Å². The van der Waals surface area contributed by atoms with Gasteiger partial charge in [-0.3, -0.25) is 14.5 Å². The van der Waals surface area contributed by atoms with Gasteiger partial charge in [-0.2, -0.15) is 0 Å². The van der Waals surface area contributed by atoms with E-state index in [1.807, 2.05) is 20.0 Å². The van der Waals surface area contributed by atoms with Gasteiger partial charge in [0.25, 0.3) is 0 Å². The Hall–Kier alpha value is -1.63. The fraction of sp³-hybridized carbons (Fsp3) is 0.400. The number of carbonyl (C=O) groups excluding carboxylic acids is 3. The minimum atomic E-state index is -0.767. The van der Waals surface area contributed by atoms with E-state index in [1.54, 1.807) is 12.1 Å². The zero-order chi connectivity index (χ0) is 17.1. The number of nitrogens with zero attached hydrogens (tertiary/aromatic N) is 2. The summed E-state index contributed by atoms with van der Waals surface area (Å²) in [6.07, 6.45) is 0.616. The molecule has 0 aromatic heterocycles. The standard InChI is InChI=1S/C15H17Cl2N3O3/c1-3-6-19-13(21)14(22)20(15(19)23)9-18(2)8-10-4-5-11(16)12(17)7-10/h4-5,7H,3,6,8-9H2,1-2H3/p+1. The number of nitrogens with one attached hydrogen (secondary N) is 1. The minimum Gasteiger partial charge on any atom is -0.316 e. The minimum absolute atomic E-state index is 0.115. The van der Waals surface area contributed by atoms with Gasteiger partial charge < -0.3 is 4.90 Å². The molecule has 0 saturated carbocycles. The van der Waals surface area contributed by atoms with Gasteiger partial charge >= 0.3 is 17.8 Å². The molecule has 0 radical (unpaired) electrons. The number of hydrogen-bond donors (Lipinski definition) is 1. The number of hydrogen-bond acceptors (Lipinski definition) is 3. The Kier molecular flexibility index (Phi) is 5.62. The van der Waals surface area contributed by atoms with Gasteiger partial charge in [0.1, 0.15) is 6.54 Å². The molecule has 1 N–H and O–H groups in total. The molecule has 8 heteroatoms. The van der Waals surface area contributed by atoms with Crippen LogP contribution in [-0.4, -0.2) is 47.9 Å². The molecule has 4 amide bonds. The average Bonchev–Trinajstić information content (AvgIpc) is 2.69. The summed E-state index contributed by atoms with van der Waals surface area (Å²) in [6, 6.07) is 4.73. The van der Waals surface area contributed by atoms with Crippen LogP contribution in [0.15, 0.2) is 18.2 Å². The van der Waals surface area contributed by atoms with E-state index in [-0.39, 0.29) is 13.2 Å². The lowest BCUT2D eigenvalue weighted by molar-refractivity contribution is -0.901. The lowest BCUT2D eigenvalue weighted by atomic mass is 10.2. The second-order valence-corrected chi connectivity index (χ2v) is 6.33. The van der Waals surface area contributed by atoms with E-state index >= 15 is 0 Å². The maximum Gasteiger partial charge on any atom is 0.338 e. The molecule has 6 nitrogen and oxygen atoms in total. The van der Waals surface area contributed by atoms with Crippen LogP contribution in [0.3, 0.4) is 0 Å². The molecule has 1 atom stereocenters. The van der Waals surface area contributed by atoms with E-state index < -0.39 is 17.8 Å². The molecule has 1 unspecified atom stereocenters. The van der Waals surface area contributed by atoms with E-state index in [4.69, 9.17) is 23.2 Å². The number of amides is 4. The molecule has 2 rings (SSSR count). The molecule has 23 heavy (non-hydrogen) atoms. The summed E-state index contributed by atoms with van der Waals surface area (Å²) in [6.45, 7) is 2.75. The van der Waals surface area contributed by atoms with Crippen LogP contribution in [0, 0.1) is 0 Å². The quantitative estimate of drug-likeness (QED) is 0.613. The van der Waals surface area contributed by atoms with Crippen LogP contribution in [0.4, 0.5) is 4.79 Å². The summed E-state index contributed by atoms with van der Waals surface area (Å²) in [5, 5.41) is 0.924. The highest BCUT2D eigenvalue weighted by Gasteiger charge is 2.45. The molecule has 0 bridgehead atoms. The highest BCUT2D eigenvalue weighted by atomic mass is 35.5. The van der Waals surface area contributed by atoms with Gasteiger partial charge in [-0.15, -0.1) is 0 Å². The van der Waals surface area contributed by atoms with Crippen LogP contribution in [-0.2, 0) is 16.1 Å². The first-order chi connectivity index (χ1) is 10.8. The van der Waals surface area contributed by atoms with Crippen LogP contribution in [0.2, 0.25) is 10.0 Å². The summed E-state index contributed by atoms with van der Waals surface area (Å²) in [4.78, 5) is 38.8. The molecule has 1 aromatic carbocycles. The zero-order valence-electron chi connectivity index (χ0n) is 12.9. The summed E-state index contributed by atoms with van der Waals surface area (Å²) >= 11 is 11.9. The van der Waals surface area contributed by atoms with Crippen LogP contribution in [0.1, 0.15) is 18.9 Å². The molecule has 1 aromatic rings. The van der Waals surface area contributed by atoms with Crippen molar-refractivity contribution in [1.29, 1.82) is 0 Å². The molecule has 0 aliphatic carbocycles. The largest absolute Gasteiger partial charge is 0.338 e. The third-order valence-corrected chi connectivity index (χ3v) is 4.24. The Morgan fingerprint density at radius 3 is 2.30 bits per heavy atom. The lowest BCUT2D eigenvalue weighted by Gasteiger charge is -2.20. The van der Waals surface area contributed by atoms with Crippen molar-refractivity contribution in [2.24, 2.45) is 0 Å². The average molecular weight is 359 g/mol. The van der Waals surface area contributed by atoms with Gasteiger partial charge in [-0.05, 0) is 18.6 Å². The zero-order valence-corrected chi connectivity index (χ0v) is 14.4. The number of rotatable bonds is 6. The Balaban J connectivity index is 2.03. The number of carbonyl (C=O) groups is 3. The number of halogens is 2. The van der Waals surface area contributed by atoms with Crippen molar-refractivity contribution >= 4 is 41.0 Å². The Morgan fingerprint density at radius 1 is 1.04 bits per heavy atom. The van der Waals surface area contributed by atoms with E-state index in [1.165, 1.54) is 0 Å². The monoisotopic (exact) mass is 358 g/mol. The Morgan fingerprint density at radius 2 is 1.70 bits per heavy atom. The first kappa shape index (κ1) is 17.7. The SMILES string of the molecule is CCCN1C(=O)C(=O)N(C[NH+](C)Cc2ccc(Cl)c(Cl)c2)C1=O. The van der Waals surface area contributed by atoms with Crippen LogP contribution in [0.25, 0.3) is 0 Å². The molecular formula is C15H18Cl2N3O3+. The second-order valence-electron chi connectivity index (χ2n) is 5.51. The lowest BCUT2D eigenvalue weighted by Crippen LogP contribution is -3.09. The van der Waals surface area contributed by atoms with Crippen molar-refractivity contribution in [1.82, 2.24) is 9.80 Å². The molecule has 1 aliphatic heterocycles. The first-order valence-electron chi connectivity index (χ1n) is 7.27. The molecule has 124 valence electrons. The van der Waals surface area contributed by atoms with Gasteiger partial charge in [0.2, 0.25) is 0 Å². The fourth-order valence-electron chi connectivity index (χ4n) is 2.43.